The zero-order valence-corrected chi connectivity index (χ0v) is 7.37. The number of aryl methyl sites for hydroxylation is 1. The highest BCUT2D eigenvalue weighted by atomic mass is 16.5. The molecule has 12 heavy (non-hydrogen) atoms. The number of nitrogens with zero attached hydrogens (tertiary/aromatic N) is 1. The first kappa shape index (κ1) is 9.22. The summed E-state index contributed by atoms with van der Waals surface area (Å²) in [6.45, 7) is 4.80. The number of aliphatic hydroxyl groups excluding tert-OH is 1. The minimum absolute atomic E-state index is 0.325. The molecule has 1 aromatic rings. The Morgan fingerprint density at radius 2 is 2.50 bits per heavy atom. The fourth-order valence-corrected chi connectivity index (χ4v) is 0.904. The number of nitrogens with one attached hydrogen (secondary N) is 1. The summed E-state index contributed by atoms with van der Waals surface area (Å²) in [5.41, 5.74) is 0.879. The van der Waals surface area contributed by atoms with Gasteiger partial charge in [-0.25, -0.2) is 0 Å². The number of rotatable bonds is 4. The maximum Gasteiger partial charge on any atom is 0.150 e. The van der Waals surface area contributed by atoms with Crippen LogP contribution >= 0.6 is 0 Å². The SMILES string of the molecule is Cc1cc(CNCC(C)O)on1. The molecular formula is C8H14N2O2. The van der Waals surface area contributed by atoms with Crippen molar-refractivity contribution >= 4 is 0 Å². The second kappa shape index (κ2) is 4.23. The summed E-state index contributed by atoms with van der Waals surface area (Å²) in [6, 6.07) is 1.87. The quantitative estimate of drug-likeness (QED) is 0.689. The van der Waals surface area contributed by atoms with E-state index in [-0.39, 0.29) is 6.10 Å². The first-order chi connectivity index (χ1) is 5.68. The van der Waals surface area contributed by atoms with E-state index in [1.54, 1.807) is 6.92 Å². The molecule has 0 amide bonds. The van der Waals surface area contributed by atoms with Crippen LogP contribution in [0.4, 0.5) is 0 Å². The van der Waals surface area contributed by atoms with E-state index < -0.39 is 0 Å². The Labute approximate surface area is 71.6 Å². The van der Waals surface area contributed by atoms with Crippen LogP contribution in [0.25, 0.3) is 0 Å². The summed E-state index contributed by atoms with van der Waals surface area (Å²) in [4.78, 5) is 0. The molecule has 0 fully saturated rings. The maximum atomic E-state index is 8.93. The van der Waals surface area contributed by atoms with Gasteiger partial charge in [-0.05, 0) is 13.8 Å². The molecule has 4 heteroatoms. The maximum absolute atomic E-state index is 8.93. The van der Waals surface area contributed by atoms with Gasteiger partial charge in [0.1, 0.15) is 0 Å². The first-order valence-electron chi connectivity index (χ1n) is 3.99. The molecule has 68 valence electrons. The molecule has 0 aliphatic heterocycles. The van der Waals surface area contributed by atoms with Gasteiger partial charge in [0.05, 0.1) is 18.3 Å². The highest BCUT2D eigenvalue weighted by molar-refractivity contribution is 5.02. The van der Waals surface area contributed by atoms with Crippen LogP contribution in [-0.4, -0.2) is 22.9 Å². The summed E-state index contributed by atoms with van der Waals surface area (Å²) in [5.74, 6) is 0.799. The van der Waals surface area contributed by atoms with E-state index in [2.05, 4.69) is 10.5 Å². The third-order valence-electron chi connectivity index (χ3n) is 1.42. The number of hydrogen-bond acceptors (Lipinski definition) is 4. The summed E-state index contributed by atoms with van der Waals surface area (Å²) in [6.07, 6.45) is -0.325. The van der Waals surface area contributed by atoms with E-state index in [1.165, 1.54) is 0 Å². The highest BCUT2D eigenvalue weighted by Crippen LogP contribution is 2.00. The first-order valence-corrected chi connectivity index (χ1v) is 3.99. The van der Waals surface area contributed by atoms with Crippen molar-refractivity contribution in [3.63, 3.8) is 0 Å². The van der Waals surface area contributed by atoms with Crippen molar-refractivity contribution in [2.75, 3.05) is 6.54 Å². The molecule has 1 heterocycles. The molecule has 1 aromatic heterocycles. The lowest BCUT2D eigenvalue weighted by Crippen LogP contribution is -2.23. The third-order valence-corrected chi connectivity index (χ3v) is 1.42. The predicted molar refractivity (Wildman–Crippen MR) is 44.6 cm³/mol. The van der Waals surface area contributed by atoms with E-state index in [0.29, 0.717) is 13.1 Å². The Morgan fingerprint density at radius 1 is 1.75 bits per heavy atom. The van der Waals surface area contributed by atoms with Gasteiger partial charge in [0.25, 0.3) is 0 Å². The fraction of sp³-hybridized carbons (Fsp3) is 0.625. The molecule has 1 rings (SSSR count). The number of aromatic nitrogens is 1. The number of hydrogen-bond donors (Lipinski definition) is 2. The molecular weight excluding hydrogens is 156 g/mol. The largest absolute Gasteiger partial charge is 0.392 e. The van der Waals surface area contributed by atoms with Gasteiger partial charge in [-0.15, -0.1) is 0 Å². The smallest absolute Gasteiger partial charge is 0.150 e. The van der Waals surface area contributed by atoms with Crippen LogP contribution in [-0.2, 0) is 6.54 Å². The Hall–Kier alpha value is -0.870. The van der Waals surface area contributed by atoms with Crippen LogP contribution in [0, 0.1) is 6.92 Å². The average Bonchev–Trinajstić information content (AvgIpc) is 2.35. The van der Waals surface area contributed by atoms with Crippen molar-refractivity contribution in [2.45, 2.75) is 26.5 Å². The van der Waals surface area contributed by atoms with Gasteiger partial charge in [-0.1, -0.05) is 5.16 Å². The lowest BCUT2D eigenvalue weighted by Gasteiger charge is -2.03. The third kappa shape index (κ3) is 3.02. The molecule has 4 nitrogen and oxygen atoms in total. The van der Waals surface area contributed by atoms with Gasteiger partial charge in [0.15, 0.2) is 5.76 Å². The van der Waals surface area contributed by atoms with Crippen LogP contribution in [0.2, 0.25) is 0 Å². The van der Waals surface area contributed by atoms with Crippen LogP contribution in [0.3, 0.4) is 0 Å². The van der Waals surface area contributed by atoms with Crippen LogP contribution < -0.4 is 5.32 Å². The summed E-state index contributed by atoms with van der Waals surface area (Å²) >= 11 is 0. The summed E-state index contributed by atoms with van der Waals surface area (Å²) in [5, 5.41) is 15.7. The lowest BCUT2D eigenvalue weighted by molar-refractivity contribution is 0.189. The van der Waals surface area contributed by atoms with Crippen LogP contribution in [0.15, 0.2) is 10.6 Å². The zero-order valence-electron chi connectivity index (χ0n) is 7.37. The highest BCUT2D eigenvalue weighted by Gasteiger charge is 2.00. The Bertz CT molecular complexity index is 233. The molecule has 0 radical (unpaired) electrons. The second-order valence-corrected chi connectivity index (χ2v) is 2.91. The van der Waals surface area contributed by atoms with Gasteiger partial charge < -0.3 is 14.9 Å². The van der Waals surface area contributed by atoms with Crippen molar-refractivity contribution in [3.05, 3.63) is 17.5 Å². The molecule has 2 N–H and O–H groups in total. The second-order valence-electron chi connectivity index (χ2n) is 2.91. The molecule has 0 saturated heterocycles. The number of aliphatic hydroxyl groups is 1. The van der Waals surface area contributed by atoms with Gasteiger partial charge in [0, 0.05) is 12.6 Å². The Balaban J connectivity index is 2.24. The molecule has 1 unspecified atom stereocenters. The molecule has 0 spiro atoms. The van der Waals surface area contributed by atoms with E-state index in [0.717, 1.165) is 11.5 Å². The Morgan fingerprint density at radius 3 is 3.00 bits per heavy atom. The van der Waals surface area contributed by atoms with Crippen LogP contribution in [0.1, 0.15) is 18.4 Å². The summed E-state index contributed by atoms with van der Waals surface area (Å²) < 4.78 is 4.95. The van der Waals surface area contributed by atoms with E-state index in [9.17, 15) is 0 Å². The fourth-order valence-electron chi connectivity index (χ4n) is 0.904. The Kier molecular flexibility index (Phi) is 3.25. The molecule has 0 saturated carbocycles. The van der Waals surface area contributed by atoms with Crippen molar-refractivity contribution in [2.24, 2.45) is 0 Å². The molecule has 0 bridgehead atoms. The minimum Gasteiger partial charge on any atom is -0.392 e. The molecule has 1 atom stereocenters. The van der Waals surface area contributed by atoms with Crippen molar-refractivity contribution < 1.29 is 9.63 Å². The van der Waals surface area contributed by atoms with Gasteiger partial charge in [-0.3, -0.25) is 0 Å². The molecule has 0 aliphatic rings. The molecule has 0 aromatic carbocycles. The van der Waals surface area contributed by atoms with E-state index in [1.807, 2.05) is 13.0 Å². The molecule has 0 aliphatic carbocycles. The van der Waals surface area contributed by atoms with Crippen molar-refractivity contribution in [3.8, 4) is 0 Å². The predicted octanol–water partition coefficient (Wildman–Crippen LogP) is 0.453. The van der Waals surface area contributed by atoms with Gasteiger partial charge in [0.2, 0.25) is 0 Å². The summed E-state index contributed by atoms with van der Waals surface area (Å²) in [7, 11) is 0. The topological polar surface area (TPSA) is 58.3 Å². The van der Waals surface area contributed by atoms with Crippen molar-refractivity contribution in [1.29, 1.82) is 0 Å². The van der Waals surface area contributed by atoms with Crippen LogP contribution in [0.5, 0.6) is 0 Å². The van der Waals surface area contributed by atoms with E-state index >= 15 is 0 Å². The normalized spacial score (nSPS) is 13.2. The minimum atomic E-state index is -0.325. The van der Waals surface area contributed by atoms with Gasteiger partial charge >= 0.3 is 0 Å². The van der Waals surface area contributed by atoms with Gasteiger partial charge in [-0.2, -0.15) is 0 Å². The monoisotopic (exact) mass is 170 g/mol. The lowest BCUT2D eigenvalue weighted by atomic mass is 10.3. The van der Waals surface area contributed by atoms with E-state index in [4.69, 9.17) is 9.63 Å². The average molecular weight is 170 g/mol. The van der Waals surface area contributed by atoms with Crippen molar-refractivity contribution in [1.82, 2.24) is 10.5 Å². The standard InChI is InChI=1S/C8H14N2O2/c1-6-3-8(12-10-6)5-9-4-7(2)11/h3,7,9,11H,4-5H2,1-2H3. The zero-order chi connectivity index (χ0) is 8.97.